The molecule has 0 aliphatic heterocycles. The van der Waals surface area contributed by atoms with Crippen LogP contribution in [0.2, 0.25) is 0 Å². The van der Waals surface area contributed by atoms with Gasteiger partial charge in [0.25, 0.3) is 0 Å². The summed E-state index contributed by atoms with van der Waals surface area (Å²) in [5, 5.41) is 11.6. The van der Waals surface area contributed by atoms with E-state index < -0.39 is 5.97 Å². The molecule has 0 bridgehead atoms. The predicted molar refractivity (Wildman–Crippen MR) is 84.5 cm³/mol. The Bertz CT molecular complexity index is 307. The van der Waals surface area contributed by atoms with Crippen molar-refractivity contribution in [2.45, 2.75) is 53.0 Å². The van der Waals surface area contributed by atoms with Crippen LogP contribution in [0.4, 0.5) is 4.79 Å². The van der Waals surface area contributed by atoms with Crippen LogP contribution in [0.25, 0.3) is 0 Å². The summed E-state index contributed by atoms with van der Waals surface area (Å²) in [6.07, 6.45) is 1.96. The van der Waals surface area contributed by atoms with Crippen LogP contribution < -0.4 is 5.32 Å². The SMILES string of the molecule is CCN(CC)CCCC(C)NC(=O)N(CC)CCC(=O)O. The summed E-state index contributed by atoms with van der Waals surface area (Å²) in [6.45, 7) is 12.1. The third-order valence-corrected chi connectivity index (χ3v) is 3.64. The Balaban J connectivity index is 4.02. The van der Waals surface area contributed by atoms with Crippen molar-refractivity contribution in [3.8, 4) is 0 Å². The van der Waals surface area contributed by atoms with E-state index in [1.54, 1.807) is 0 Å². The first-order chi connectivity index (χ1) is 9.94. The van der Waals surface area contributed by atoms with Crippen LogP contribution in [0.1, 0.15) is 47.0 Å². The first-order valence-corrected chi connectivity index (χ1v) is 7.94. The minimum absolute atomic E-state index is 0.0163. The first-order valence-electron chi connectivity index (χ1n) is 7.94. The zero-order valence-corrected chi connectivity index (χ0v) is 13.9. The van der Waals surface area contributed by atoms with E-state index in [-0.39, 0.29) is 25.0 Å². The Morgan fingerprint density at radius 2 is 1.71 bits per heavy atom. The van der Waals surface area contributed by atoms with Gasteiger partial charge in [-0.1, -0.05) is 13.8 Å². The zero-order valence-electron chi connectivity index (χ0n) is 13.9. The Hall–Kier alpha value is -1.30. The summed E-state index contributed by atoms with van der Waals surface area (Å²) in [6, 6.07) is -0.0685. The van der Waals surface area contributed by atoms with Crippen molar-refractivity contribution in [3.05, 3.63) is 0 Å². The molecule has 2 N–H and O–H groups in total. The lowest BCUT2D eigenvalue weighted by molar-refractivity contribution is -0.137. The number of aliphatic carboxylic acids is 1. The molecule has 0 fully saturated rings. The molecule has 1 unspecified atom stereocenters. The molecule has 0 spiro atoms. The van der Waals surface area contributed by atoms with Gasteiger partial charge in [0, 0.05) is 19.1 Å². The molecule has 0 saturated carbocycles. The van der Waals surface area contributed by atoms with Crippen LogP contribution in [-0.2, 0) is 4.79 Å². The summed E-state index contributed by atoms with van der Waals surface area (Å²) in [5.41, 5.74) is 0. The van der Waals surface area contributed by atoms with Crippen LogP contribution in [0, 0.1) is 0 Å². The number of nitrogens with zero attached hydrogens (tertiary/aromatic N) is 2. The van der Waals surface area contributed by atoms with E-state index in [1.165, 1.54) is 4.90 Å². The van der Waals surface area contributed by atoms with Crippen molar-refractivity contribution >= 4 is 12.0 Å². The van der Waals surface area contributed by atoms with Gasteiger partial charge in [-0.25, -0.2) is 4.79 Å². The summed E-state index contributed by atoms with van der Waals surface area (Å²) in [4.78, 5) is 26.5. The quantitative estimate of drug-likeness (QED) is 0.612. The van der Waals surface area contributed by atoms with E-state index in [0.29, 0.717) is 6.54 Å². The number of carbonyl (C=O) groups excluding carboxylic acids is 1. The molecule has 0 aliphatic carbocycles. The van der Waals surface area contributed by atoms with Crippen molar-refractivity contribution in [1.29, 1.82) is 0 Å². The average Bonchev–Trinajstić information content (AvgIpc) is 2.43. The molecule has 0 saturated heterocycles. The van der Waals surface area contributed by atoms with Crippen LogP contribution in [-0.4, -0.2) is 65.7 Å². The summed E-state index contributed by atoms with van der Waals surface area (Å²) < 4.78 is 0. The fourth-order valence-electron chi connectivity index (χ4n) is 2.17. The number of amides is 2. The predicted octanol–water partition coefficient (Wildman–Crippen LogP) is 2.00. The fraction of sp³-hybridized carbons (Fsp3) is 0.867. The van der Waals surface area contributed by atoms with Crippen molar-refractivity contribution in [1.82, 2.24) is 15.1 Å². The Kier molecular flexibility index (Phi) is 10.7. The van der Waals surface area contributed by atoms with Gasteiger partial charge in [-0.05, 0) is 46.3 Å². The van der Waals surface area contributed by atoms with Crippen molar-refractivity contribution < 1.29 is 14.7 Å². The maximum atomic E-state index is 12.0. The smallest absolute Gasteiger partial charge is 0.317 e. The maximum Gasteiger partial charge on any atom is 0.317 e. The molecule has 0 aromatic heterocycles. The number of carboxylic acids is 1. The van der Waals surface area contributed by atoms with E-state index in [2.05, 4.69) is 24.1 Å². The number of carbonyl (C=O) groups is 2. The molecule has 6 nitrogen and oxygen atoms in total. The van der Waals surface area contributed by atoms with E-state index in [0.717, 1.165) is 32.5 Å². The number of urea groups is 1. The number of carboxylic acid groups (broad SMARTS) is 1. The van der Waals surface area contributed by atoms with Gasteiger partial charge in [0.1, 0.15) is 0 Å². The monoisotopic (exact) mass is 301 g/mol. The highest BCUT2D eigenvalue weighted by Gasteiger charge is 2.15. The molecule has 0 radical (unpaired) electrons. The largest absolute Gasteiger partial charge is 0.481 e. The van der Waals surface area contributed by atoms with Crippen molar-refractivity contribution in [2.24, 2.45) is 0 Å². The van der Waals surface area contributed by atoms with E-state index >= 15 is 0 Å². The second-order valence-electron chi connectivity index (χ2n) is 5.24. The van der Waals surface area contributed by atoms with Gasteiger partial charge in [0.05, 0.1) is 6.42 Å². The lowest BCUT2D eigenvalue weighted by Crippen LogP contribution is -2.44. The lowest BCUT2D eigenvalue weighted by Gasteiger charge is -2.24. The molecule has 124 valence electrons. The number of nitrogens with one attached hydrogen (secondary N) is 1. The fourth-order valence-corrected chi connectivity index (χ4v) is 2.17. The van der Waals surface area contributed by atoms with Gasteiger partial charge in [-0.3, -0.25) is 4.79 Å². The van der Waals surface area contributed by atoms with Crippen molar-refractivity contribution in [2.75, 3.05) is 32.7 Å². The van der Waals surface area contributed by atoms with E-state index in [9.17, 15) is 9.59 Å². The molecule has 0 heterocycles. The standard InChI is InChI=1S/C15H31N3O3/c1-5-17(6-2)11-8-9-13(4)16-15(21)18(7-3)12-10-14(19)20/h13H,5-12H2,1-4H3,(H,16,21)(H,19,20). The number of hydrogen-bond acceptors (Lipinski definition) is 3. The molecular formula is C15H31N3O3. The number of rotatable bonds is 11. The van der Waals surface area contributed by atoms with Crippen LogP contribution >= 0.6 is 0 Å². The molecule has 1 atom stereocenters. The third-order valence-electron chi connectivity index (χ3n) is 3.64. The zero-order chi connectivity index (χ0) is 16.3. The van der Waals surface area contributed by atoms with Gasteiger partial charge in [0.15, 0.2) is 0 Å². The van der Waals surface area contributed by atoms with E-state index in [1.807, 2.05) is 13.8 Å². The second-order valence-corrected chi connectivity index (χ2v) is 5.24. The first kappa shape index (κ1) is 19.7. The molecular weight excluding hydrogens is 270 g/mol. The number of hydrogen-bond donors (Lipinski definition) is 2. The minimum Gasteiger partial charge on any atom is -0.481 e. The Labute approximate surface area is 128 Å². The van der Waals surface area contributed by atoms with Gasteiger partial charge in [0.2, 0.25) is 0 Å². The molecule has 0 aliphatic rings. The average molecular weight is 301 g/mol. The van der Waals surface area contributed by atoms with Crippen LogP contribution in [0.15, 0.2) is 0 Å². The van der Waals surface area contributed by atoms with Gasteiger partial charge < -0.3 is 20.2 Å². The Morgan fingerprint density at radius 3 is 2.19 bits per heavy atom. The Morgan fingerprint density at radius 1 is 1.10 bits per heavy atom. The van der Waals surface area contributed by atoms with Gasteiger partial charge in [-0.2, -0.15) is 0 Å². The molecule has 2 amide bonds. The lowest BCUT2D eigenvalue weighted by atomic mass is 10.2. The third kappa shape index (κ3) is 9.28. The molecule has 21 heavy (non-hydrogen) atoms. The highest BCUT2D eigenvalue weighted by atomic mass is 16.4. The highest BCUT2D eigenvalue weighted by molar-refractivity contribution is 5.75. The van der Waals surface area contributed by atoms with Gasteiger partial charge >= 0.3 is 12.0 Å². The van der Waals surface area contributed by atoms with Gasteiger partial charge in [-0.15, -0.1) is 0 Å². The molecule has 0 rings (SSSR count). The maximum absolute atomic E-state index is 12.0. The summed E-state index contributed by atoms with van der Waals surface area (Å²) >= 11 is 0. The minimum atomic E-state index is -0.881. The summed E-state index contributed by atoms with van der Waals surface area (Å²) in [7, 11) is 0. The second kappa shape index (κ2) is 11.4. The molecule has 6 heteroatoms. The summed E-state index contributed by atoms with van der Waals surface area (Å²) in [5.74, 6) is -0.881. The molecule has 0 aromatic rings. The topological polar surface area (TPSA) is 72.9 Å². The van der Waals surface area contributed by atoms with Crippen LogP contribution in [0.5, 0.6) is 0 Å². The van der Waals surface area contributed by atoms with Crippen LogP contribution in [0.3, 0.4) is 0 Å². The van der Waals surface area contributed by atoms with Crippen molar-refractivity contribution in [3.63, 3.8) is 0 Å². The highest BCUT2D eigenvalue weighted by Crippen LogP contribution is 2.01. The van der Waals surface area contributed by atoms with E-state index in [4.69, 9.17) is 5.11 Å². The normalized spacial score (nSPS) is 12.2. The molecule has 0 aromatic carbocycles.